The van der Waals surface area contributed by atoms with Crippen LogP contribution in [0.2, 0.25) is 0 Å². The van der Waals surface area contributed by atoms with Gasteiger partial charge in [0.2, 0.25) is 5.91 Å². The zero-order valence-electron chi connectivity index (χ0n) is 23.7. The van der Waals surface area contributed by atoms with Crippen LogP contribution in [0.5, 0.6) is 0 Å². The van der Waals surface area contributed by atoms with Crippen molar-refractivity contribution in [3.8, 4) is 0 Å². The Hall–Kier alpha value is -2.53. The molecule has 230 valence electrons. The van der Waals surface area contributed by atoms with Crippen LogP contribution in [-0.2, 0) is 28.1 Å². The van der Waals surface area contributed by atoms with Crippen LogP contribution in [0.3, 0.4) is 0 Å². The number of carbonyl (C=O) groups excluding carboxylic acids is 2. The van der Waals surface area contributed by atoms with E-state index in [1.54, 1.807) is 11.3 Å². The van der Waals surface area contributed by atoms with Crippen LogP contribution < -0.4 is 10.4 Å². The highest BCUT2D eigenvalue weighted by molar-refractivity contribution is 7.12. The molecule has 6 nitrogen and oxygen atoms in total. The van der Waals surface area contributed by atoms with Crippen LogP contribution >= 0.6 is 11.3 Å². The minimum Gasteiger partial charge on any atom is -0.542 e. The summed E-state index contributed by atoms with van der Waals surface area (Å²) in [5.41, 5.74) is 2.36. The third-order valence-electron chi connectivity index (χ3n) is 9.85. The maximum absolute atomic E-state index is 14.5. The number of nitrogens with two attached hydrogens (primary N) is 1. The molecule has 1 aromatic heterocycles. The summed E-state index contributed by atoms with van der Waals surface area (Å²) in [6.07, 6.45) is 6.45. The summed E-state index contributed by atoms with van der Waals surface area (Å²) < 4.78 is 45.1. The van der Waals surface area contributed by atoms with Gasteiger partial charge >= 0.3 is 6.18 Å². The van der Waals surface area contributed by atoms with Gasteiger partial charge in [0, 0.05) is 17.5 Å². The smallest absolute Gasteiger partial charge is 0.430 e. The summed E-state index contributed by atoms with van der Waals surface area (Å²) in [5.74, 6) is -1.46. The van der Waals surface area contributed by atoms with Gasteiger partial charge in [-0.1, -0.05) is 49.6 Å². The lowest BCUT2D eigenvalue weighted by molar-refractivity contribution is -0.640. The number of carbonyl (C=O) groups is 2. The highest BCUT2D eigenvalue weighted by atomic mass is 32.1. The Morgan fingerprint density at radius 2 is 1.81 bits per heavy atom. The first-order valence-corrected chi connectivity index (χ1v) is 16.0. The Labute approximate surface area is 247 Å². The van der Waals surface area contributed by atoms with Crippen LogP contribution in [0, 0.1) is 11.8 Å². The summed E-state index contributed by atoms with van der Waals surface area (Å²) in [6.45, 7) is 2.18. The third-order valence-corrected chi connectivity index (χ3v) is 11.1. The van der Waals surface area contributed by atoms with Gasteiger partial charge in [0.25, 0.3) is 0 Å². The van der Waals surface area contributed by atoms with Crippen LogP contribution in [0.4, 0.5) is 17.6 Å². The van der Waals surface area contributed by atoms with Gasteiger partial charge in [-0.2, -0.15) is 13.2 Å². The van der Waals surface area contributed by atoms with Crippen molar-refractivity contribution in [1.29, 1.82) is 0 Å². The third kappa shape index (κ3) is 6.37. The number of alkyl halides is 4. The van der Waals surface area contributed by atoms with Crippen LogP contribution in [0.15, 0.2) is 30.3 Å². The number of aryl methyl sites for hydroxylation is 1. The molecule has 1 aromatic carbocycles. The molecule has 11 heteroatoms. The van der Waals surface area contributed by atoms with E-state index in [-0.39, 0.29) is 11.3 Å². The first kappa shape index (κ1) is 30.9. The van der Waals surface area contributed by atoms with E-state index in [1.165, 1.54) is 42.5 Å². The Balaban J connectivity index is 0.000000451. The number of carboxylic acid groups (broad SMARTS) is 1. The maximum Gasteiger partial charge on any atom is 0.430 e. The number of piperidine rings is 1. The predicted octanol–water partition coefficient (Wildman–Crippen LogP) is 4.03. The van der Waals surface area contributed by atoms with Crippen molar-refractivity contribution in [3.05, 3.63) is 51.5 Å². The molecule has 2 aliphatic carbocycles. The number of nitrogens with zero attached hydrogens (tertiary/aromatic N) is 2. The number of hydrogen-bond acceptors (Lipinski definition) is 5. The number of quaternary nitrogens is 1. The highest BCUT2D eigenvalue weighted by Crippen LogP contribution is 2.48. The Kier molecular flexibility index (Phi) is 9.56. The molecule has 1 amide bonds. The van der Waals surface area contributed by atoms with Crippen molar-refractivity contribution in [2.45, 2.75) is 94.4 Å². The lowest BCUT2D eigenvalue weighted by Crippen LogP contribution is -2.82. The van der Waals surface area contributed by atoms with E-state index in [0.29, 0.717) is 28.8 Å². The van der Waals surface area contributed by atoms with E-state index >= 15 is 0 Å². The summed E-state index contributed by atoms with van der Waals surface area (Å²) in [6, 6.07) is 11.3. The average molecular weight is 610 g/mol. The van der Waals surface area contributed by atoms with Crippen LogP contribution in [0.1, 0.15) is 84.8 Å². The second-order valence-electron chi connectivity index (χ2n) is 12.2. The van der Waals surface area contributed by atoms with Crippen LogP contribution in [0.25, 0.3) is 0 Å². The monoisotopic (exact) mass is 609 g/mol. The van der Waals surface area contributed by atoms with Crippen molar-refractivity contribution >= 4 is 23.2 Å². The lowest BCUT2D eigenvalue weighted by Gasteiger charge is -2.47. The molecule has 1 unspecified atom stereocenters. The number of aromatic nitrogens is 1. The number of aliphatic carboxylic acids is 1. The van der Waals surface area contributed by atoms with Gasteiger partial charge in [-0.25, -0.2) is 9.37 Å². The van der Waals surface area contributed by atoms with E-state index in [9.17, 15) is 22.4 Å². The number of carboxylic acids is 1. The Bertz CT molecular complexity index is 1230. The van der Waals surface area contributed by atoms with Gasteiger partial charge in [-0.3, -0.25) is 4.79 Å². The van der Waals surface area contributed by atoms with E-state index in [4.69, 9.17) is 9.90 Å². The Morgan fingerprint density at radius 3 is 2.48 bits per heavy atom. The van der Waals surface area contributed by atoms with E-state index in [2.05, 4.69) is 45.5 Å². The fourth-order valence-corrected chi connectivity index (χ4v) is 9.15. The van der Waals surface area contributed by atoms with Crippen LogP contribution in [-0.4, -0.2) is 53.6 Å². The number of amides is 1. The molecule has 2 N–H and O–H groups in total. The molecule has 0 radical (unpaired) electrons. The zero-order valence-corrected chi connectivity index (χ0v) is 24.5. The minimum absolute atomic E-state index is 0.00572. The zero-order chi connectivity index (χ0) is 29.9. The SMILES string of the molecule is O=C(C1C[NH2+]C[C@]12CCCc1nc(CF)sc12)N1CC[C@@H](c2ccccc2)C[C@H]1C1CCCCC1.O=C([O-])C(F)(F)F. The minimum atomic E-state index is -5.19. The number of rotatable bonds is 4. The standard InChI is InChI=1S/C29H38FN3OS.C2HF3O2/c30-17-26-32-24-12-7-14-29(27(24)35-26)19-31-18-23(29)28(34)33-15-13-22(20-8-3-1-4-9-20)16-25(33)21-10-5-2-6-11-21;3-2(4,5)1(6)7/h1,3-4,8-9,21-23,25,31H,2,5-7,10-19H2;(H,6,7)/t22-,23?,25+,29-;/m1./s1. The number of fused-ring (bicyclic) bond motifs is 2. The van der Waals surface area contributed by atoms with Crippen molar-refractivity contribution in [2.24, 2.45) is 11.8 Å². The van der Waals surface area contributed by atoms with Gasteiger partial charge < -0.3 is 20.1 Å². The fraction of sp³-hybridized carbons (Fsp3) is 0.645. The Morgan fingerprint density at radius 1 is 1.10 bits per heavy atom. The van der Waals surface area contributed by atoms with E-state index in [0.717, 1.165) is 57.4 Å². The van der Waals surface area contributed by atoms with Gasteiger partial charge in [0.15, 0.2) is 0 Å². The average Bonchev–Trinajstić information content (AvgIpc) is 3.63. The molecule has 4 aliphatic rings. The molecule has 0 bridgehead atoms. The molecule has 6 rings (SSSR count). The molecule has 42 heavy (non-hydrogen) atoms. The number of hydrogen-bond donors (Lipinski definition) is 1. The first-order chi connectivity index (χ1) is 20.1. The molecular formula is C31H39F4N3O3S. The molecule has 3 heterocycles. The molecule has 2 aromatic rings. The number of thiazole rings is 1. The summed E-state index contributed by atoms with van der Waals surface area (Å²) in [5, 5.41) is 11.7. The van der Waals surface area contributed by atoms with Gasteiger partial charge in [-0.15, -0.1) is 11.3 Å². The molecule has 3 fully saturated rings. The molecule has 2 aliphatic heterocycles. The van der Waals surface area contributed by atoms with Crippen molar-refractivity contribution < 1.29 is 37.6 Å². The molecule has 2 saturated heterocycles. The van der Waals surface area contributed by atoms with Crippen molar-refractivity contribution in [3.63, 3.8) is 0 Å². The predicted molar refractivity (Wildman–Crippen MR) is 148 cm³/mol. The molecule has 1 saturated carbocycles. The first-order valence-electron chi connectivity index (χ1n) is 15.1. The van der Waals surface area contributed by atoms with Gasteiger partial charge in [0.05, 0.1) is 24.2 Å². The van der Waals surface area contributed by atoms with E-state index < -0.39 is 18.8 Å². The largest absolute Gasteiger partial charge is 0.542 e. The van der Waals surface area contributed by atoms with Crippen molar-refractivity contribution in [1.82, 2.24) is 9.88 Å². The second-order valence-corrected chi connectivity index (χ2v) is 13.3. The fourth-order valence-electron chi connectivity index (χ4n) is 7.91. The number of halogens is 4. The van der Waals surface area contributed by atoms with Gasteiger partial charge in [0.1, 0.15) is 23.6 Å². The summed E-state index contributed by atoms with van der Waals surface area (Å²) in [4.78, 5) is 31.5. The molecule has 4 atom stereocenters. The second kappa shape index (κ2) is 13.0. The van der Waals surface area contributed by atoms with Crippen molar-refractivity contribution in [2.75, 3.05) is 19.6 Å². The highest BCUT2D eigenvalue weighted by Gasteiger charge is 2.56. The van der Waals surface area contributed by atoms with E-state index in [1.807, 2.05) is 0 Å². The summed E-state index contributed by atoms with van der Waals surface area (Å²) in [7, 11) is 0. The van der Waals surface area contributed by atoms with Gasteiger partial charge in [-0.05, 0) is 62.3 Å². The quantitative estimate of drug-likeness (QED) is 0.531. The maximum atomic E-state index is 14.5. The number of likely N-dealkylation sites (tertiary alicyclic amines) is 1. The number of benzene rings is 1. The molecular weight excluding hydrogens is 570 g/mol. The normalized spacial score (nSPS) is 28.2. The molecule has 1 spiro atoms. The topological polar surface area (TPSA) is 89.9 Å². The lowest BCUT2D eigenvalue weighted by atomic mass is 9.68. The summed E-state index contributed by atoms with van der Waals surface area (Å²) >= 11 is 1.55.